The minimum atomic E-state index is -0.563. The Balaban J connectivity index is 1.95. The van der Waals surface area contributed by atoms with Gasteiger partial charge >= 0.3 is 5.82 Å². The van der Waals surface area contributed by atoms with Crippen molar-refractivity contribution in [3.05, 3.63) is 22.4 Å². The molecule has 1 aliphatic carbocycles. The Labute approximate surface area is 130 Å². The summed E-state index contributed by atoms with van der Waals surface area (Å²) in [6.45, 7) is 6.61. The number of rotatable bonds is 5. The van der Waals surface area contributed by atoms with E-state index in [-0.39, 0.29) is 24.3 Å². The van der Waals surface area contributed by atoms with E-state index in [9.17, 15) is 14.9 Å². The number of carbonyl (C=O) groups excluding carboxylic acids is 1. The highest BCUT2D eigenvalue weighted by atomic mass is 16.6. The number of nitrogens with zero attached hydrogens (tertiary/aromatic N) is 3. The molecule has 3 atom stereocenters. The average Bonchev–Trinajstić information content (AvgIpc) is 2.86. The van der Waals surface area contributed by atoms with Crippen LogP contribution in [0.2, 0.25) is 0 Å². The highest BCUT2D eigenvalue weighted by molar-refractivity contribution is 5.76. The van der Waals surface area contributed by atoms with Crippen LogP contribution in [0.25, 0.3) is 0 Å². The van der Waals surface area contributed by atoms with E-state index in [1.165, 1.54) is 23.4 Å². The van der Waals surface area contributed by atoms with Crippen molar-refractivity contribution in [2.75, 3.05) is 0 Å². The first-order valence-corrected chi connectivity index (χ1v) is 7.84. The molecular formula is C15H24N4O3. The van der Waals surface area contributed by atoms with Crippen LogP contribution in [0, 0.1) is 27.9 Å². The van der Waals surface area contributed by atoms with Crippen molar-refractivity contribution in [2.45, 2.75) is 52.6 Å². The molecule has 0 radical (unpaired) electrons. The average molecular weight is 308 g/mol. The molecule has 1 amide bonds. The normalized spacial score (nSPS) is 25.2. The van der Waals surface area contributed by atoms with Gasteiger partial charge < -0.3 is 15.4 Å². The Morgan fingerprint density at radius 1 is 1.55 bits per heavy atom. The summed E-state index contributed by atoms with van der Waals surface area (Å²) in [5, 5.41) is 17.5. The molecule has 1 saturated carbocycles. The van der Waals surface area contributed by atoms with E-state index < -0.39 is 4.92 Å². The minimum Gasteiger partial charge on any atom is -0.358 e. The second-order valence-corrected chi connectivity index (χ2v) is 6.63. The second kappa shape index (κ2) is 6.89. The Hall–Kier alpha value is -1.92. The third-order valence-corrected chi connectivity index (χ3v) is 4.49. The lowest BCUT2D eigenvalue weighted by molar-refractivity contribution is -0.389. The quantitative estimate of drug-likeness (QED) is 0.668. The van der Waals surface area contributed by atoms with Crippen LogP contribution >= 0.6 is 0 Å². The maximum atomic E-state index is 12.2. The molecule has 1 aliphatic rings. The molecule has 0 spiro atoms. The predicted octanol–water partition coefficient (Wildman–Crippen LogP) is 2.37. The summed E-state index contributed by atoms with van der Waals surface area (Å²) in [5.41, 5.74) is 0. The molecule has 0 aromatic carbocycles. The lowest BCUT2D eigenvalue weighted by Gasteiger charge is -2.37. The first-order valence-electron chi connectivity index (χ1n) is 7.84. The van der Waals surface area contributed by atoms with Crippen LogP contribution in [-0.4, -0.2) is 26.7 Å². The van der Waals surface area contributed by atoms with Crippen molar-refractivity contribution < 1.29 is 9.72 Å². The Morgan fingerprint density at radius 2 is 2.27 bits per heavy atom. The van der Waals surface area contributed by atoms with Crippen LogP contribution in [0.3, 0.4) is 0 Å². The van der Waals surface area contributed by atoms with Crippen LogP contribution < -0.4 is 5.32 Å². The predicted molar refractivity (Wildman–Crippen MR) is 82.2 cm³/mol. The van der Waals surface area contributed by atoms with Gasteiger partial charge in [-0.15, -0.1) is 0 Å². The topological polar surface area (TPSA) is 90.1 Å². The fourth-order valence-corrected chi connectivity index (χ4v) is 3.30. The molecule has 1 aromatic rings. The molecule has 7 heteroatoms. The SMILES string of the molecule is CC(C)[C@H]1CC[C@@H](C)C[C@H]1NC(=O)Cn1ccc([N+](=O)[O-])n1. The summed E-state index contributed by atoms with van der Waals surface area (Å²) >= 11 is 0. The van der Waals surface area contributed by atoms with E-state index in [0.29, 0.717) is 17.8 Å². The second-order valence-electron chi connectivity index (χ2n) is 6.63. The summed E-state index contributed by atoms with van der Waals surface area (Å²) in [5.74, 6) is 1.27. The zero-order valence-electron chi connectivity index (χ0n) is 13.4. The Bertz CT molecular complexity index is 541. The molecule has 122 valence electrons. The summed E-state index contributed by atoms with van der Waals surface area (Å²) in [6, 6.07) is 1.48. The van der Waals surface area contributed by atoms with Gasteiger partial charge in [-0.05, 0) is 35.5 Å². The molecular weight excluding hydrogens is 284 g/mol. The van der Waals surface area contributed by atoms with E-state index >= 15 is 0 Å². The zero-order chi connectivity index (χ0) is 16.3. The summed E-state index contributed by atoms with van der Waals surface area (Å²) in [4.78, 5) is 22.2. The van der Waals surface area contributed by atoms with Gasteiger partial charge in [-0.25, -0.2) is 0 Å². The van der Waals surface area contributed by atoms with Gasteiger partial charge in [0.05, 0.1) is 17.4 Å². The molecule has 0 bridgehead atoms. The number of hydrogen-bond acceptors (Lipinski definition) is 4. The highest BCUT2D eigenvalue weighted by Crippen LogP contribution is 2.33. The number of nitro groups is 1. The molecule has 0 aliphatic heterocycles. The molecule has 22 heavy (non-hydrogen) atoms. The fraction of sp³-hybridized carbons (Fsp3) is 0.733. The van der Waals surface area contributed by atoms with E-state index in [1.54, 1.807) is 0 Å². The van der Waals surface area contributed by atoms with Crippen LogP contribution in [0.4, 0.5) is 5.82 Å². The first-order chi connectivity index (χ1) is 10.4. The number of aromatic nitrogens is 2. The first kappa shape index (κ1) is 16.5. The number of amides is 1. The summed E-state index contributed by atoms with van der Waals surface area (Å²) < 4.78 is 1.31. The van der Waals surface area contributed by atoms with Gasteiger partial charge in [-0.1, -0.05) is 27.2 Å². The fourth-order valence-electron chi connectivity index (χ4n) is 3.30. The van der Waals surface area contributed by atoms with E-state index in [0.717, 1.165) is 12.8 Å². The molecule has 2 rings (SSSR count). The smallest absolute Gasteiger partial charge is 0.358 e. The monoisotopic (exact) mass is 308 g/mol. The summed E-state index contributed by atoms with van der Waals surface area (Å²) in [7, 11) is 0. The van der Waals surface area contributed by atoms with Gasteiger partial charge in [0.25, 0.3) is 0 Å². The maximum absolute atomic E-state index is 12.2. The zero-order valence-corrected chi connectivity index (χ0v) is 13.4. The third kappa shape index (κ3) is 4.05. The van der Waals surface area contributed by atoms with E-state index in [4.69, 9.17) is 0 Å². The van der Waals surface area contributed by atoms with Crippen molar-refractivity contribution in [1.82, 2.24) is 15.1 Å². The standard InChI is InChI=1S/C15H24N4O3/c1-10(2)12-5-4-11(3)8-13(12)16-15(20)9-18-7-6-14(17-18)19(21)22/h6-7,10-13H,4-5,8-9H2,1-3H3,(H,16,20)/t11-,12-,13-/m1/s1. The molecule has 1 fully saturated rings. The van der Waals surface area contributed by atoms with Crippen molar-refractivity contribution in [1.29, 1.82) is 0 Å². The van der Waals surface area contributed by atoms with Gasteiger partial charge in [-0.3, -0.25) is 4.79 Å². The molecule has 0 unspecified atom stereocenters. The van der Waals surface area contributed by atoms with Crippen LogP contribution in [0.5, 0.6) is 0 Å². The summed E-state index contributed by atoms with van der Waals surface area (Å²) in [6.07, 6.45) is 4.80. The van der Waals surface area contributed by atoms with E-state index in [1.807, 2.05) is 0 Å². The largest absolute Gasteiger partial charge is 0.389 e. The number of hydrogen-bond donors (Lipinski definition) is 1. The van der Waals surface area contributed by atoms with Crippen molar-refractivity contribution in [3.8, 4) is 0 Å². The molecule has 1 aromatic heterocycles. The van der Waals surface area contributed by atoms with Crippen LogP contribution in [0.1, 0.15) is 40.0 Å². The highest BCUT2D eigenvalue weighted by Gasteiger charge is 2.31. The molecule has 1 N–H and O–H groups in total. The maximum Gasteiger partial charge on any atom is 0.389 e. The number of carbonyl (C=O) groups is 1. The van der Waals surface area contributed by atoms with Crippen LogP contribution in [0.15, 0.2) is 12.3 Å². The molecule has 1 heterocycles. The molecule has 0 saturated heterocycles. The van der Waals surface area contributed by atoms with E-state index in [2.05, 4.69) is 31.2 Å². The lowest BCUT2D eigenvalue weighted by Crippen LogP contribution is -2.46. The van der Waals surface area contributed by atoms with Gasteiger partial charge in [0.1, 0.15) is 6.54 Å². The van der Waals surface area contributed by atoms with Gasteiger partial charge in [0.2, 0.25) is 5.91 Å². The van der Waals surface area contributed by atoms with Crippen LogP contribution in [-0.2, 0) is 11.3 Å². The van der Waals surface area contributed by atoms with Crippen molar-refractivity contribution in [2.24, 2.45) is 17.8 Å². The lowest BCUT2D eigenvalue weighted by atomic mass is 9.74. The number of nitrogens with one attached hydrogen (secondary N) is 1. The van der Waals surface area contributed by atoms with Gasteiger partial charge in [0, 0.05) is 6.04 Å². The molecule has 7 nitrogen and oxygen atoms in total. The van der Waals surface area contributed by atoms with Gasteiger partial charge in [0.15, 0.2) is 0 Å². The minimum absolute atomic E-state index is 0.0174. The Kier molecular flexibility index (Phi) is 5.15. The van der Waals surface area contributed by atoms with Crippen molar-refractivity contribution >= 4 is 11.7 Å². The van der Waals surface area contributed by atoms with Crippen molar-refractivity contribution in [3.63, 3.8) is 0 Å². The third-order valence-electron chi connectivity index (χ3n) is 4.49. The Morgan fingerprint density at radius 3 is 2.86 bits per heavy atom. The van der Waals surface area contributed by atoms with Gasteiger partial charge in [-0.2, -0.15) is 4.68 Å².